The molecule has 30 heavy (non-hydrogen) atoms. The van der Waals surface area contributed by atoms with E-state index in [9.17, 15) is 9.59 Å². The van der Waals surface area contributed by atoms with Gasteiger partial charge in [0.15, 0.2) is 5.78 Å². The molecular formula is C24H25ClN2O3. The highest BCUT2D eigenvalue weighted by molar-refractivity contribution is 6.31. The Kier molecular flexibility index (Phi) is 5.18. The minimum Gasteiger partial charge on any atom is -0.495 e. The Balaban J connectivity index is 1.95. The number of amides is 1. The number of aromatic nitrogens is 1. The fraction of sp³-hybridized carbons (Fsp3) is 0.375. The van der Waals surface area contributed by atoms with Gasteiger partial charge in [-0.1, -0.05) is 31.5 Å². The van der Waals surface area contributed by atoms with E-state index in [2.05, 4.69) is 18.8 Å². The van der Waals surface area contributed by atoms with E-state index < -0.39 is 0 Å². The Labute approximate surface area is 181 Å². The Bertz CT molecular complexity index is 1060. The van der Waals surface area contributed by atoms with Gasteiger partial charge in [0.1, 0.15) is 5.75 Å². The van der Waals surface area contributed by atoms with E-state index in [1.165, 1.54) is 0 Å². The van der Waals surface area contributed by atoms with Gasteiger partial charge in [-0.25, -0.2) is 0 Å². The molecule has 156 valence electrons. The number of carbonyl (C=O) groups is 2. The van der Waals surface area contributed by atoms with Crippen LogP contribution >= 0.6 is 11.6 Å². The fourth-order valence-electron chi connectivity index (χ4n) is 4.52. The van der Waals surface area contributed by atoms with Crippen molar-refractivity contribution in [1.29, 1.82) is 0 Å². The van der Waals surface area contributed by atoms with E-state index in [0.29, 0.717) is 34.9 Å². The van der Waals surface area contributed by atoms with E-state index in [-0.39, 0.29) is 29.4 Å². The first-order chi connectivity index (χ1) is 14.2. The molecule has 2 heterocycles. The first-order valence-corrected chi connectivity index (χ1v) is 10.4. The first kappa shape index (κ1) is 20.6. The van der Waals surface area contributed by atoms with Crippen molar-refractivity contribution < 1.29 is 14.3 Å². The summed E-state index contributed by atoms with van der Waals surface area (Å²) in [5, 5.41) is 0.570. The van der Waals surface area contributed by atoms with Crippen molar-refractivity contribution in [2.24, 2.45) is 5.41 Å². The van der Waals surface area contributed by atoms with Gasteiger partial charge in [0.2, 0.25) is 5.91 Å². The van der Waals surface area contributed by atoms with Gasteiger partial charge in [-0.3, -0.25) is 19.5 Å². The summed E-state index contributed by atoms with van der Waals surface area (Å²) in [6.45, 7) is 6.01. The lowest BCUT2D eigenvalue weighted by Crippen LogP contribution is -2.44. The molecule has 1 aliphatic heterocycles. The summed E-state index contributed by atoms with van der Waals surface area (Å²) in [6.07, 6.45) is 2.96. The zero-order valence-electron chi connectivity index (χ0n) is 17.7. The van der Waals surface area contributed by atoms with Crippen LogP contribution in [0.5, 0.6) is 5.75 Å². The number of hydrogen-bond donors (Lipinski definition) is 0. The van der Waals surface area contributed by atoms with Crippen molar-refractivity contribution in [2.45, 2.75) is 46.0 Å². The van der Waals surface area contributed by atoms with Crippen LogP contribution in [0.1, 0.15) is 50.3 Å². The van der Waals surface area contributed by atoms with Crippen LogP contribution in [0.15, 0.2) is 47.8 Å². The molecule has 4 rings (SSSR count). The van der Waals surface area contributed by atoms with Crippen LogP contribution in [0.25, 0.3) is 0 Å². The molecule has 1 amide bonds. The number of carbonyl (C=O) groups excluding carboxylic acids is 2. The predicted molar refractivity (Wildman–Crippen MR) is 117 cm³/mol. The van der Waals surface area contributed by atoms with Crippen LogP contribution in [0.3, 0.4) is 0 Å². The van der Waals surface area contributed by atoms with Crippen molar-refractivity contribution in [3.63, 3.8) is 0 Å². The Morgan fingerprint density at radius 3 is 2.63 bits per heavy atom. The van der Waals surface area contributed by atoms with Gasteiger partial charge < -0.3 is 4.74 Å². The highest BCUT2D eigenvalue weighted by Gasteiger charge is 2.45. The van der Waals surface area contributed by atoms with Crippen LogP contribution in [0, 0.1) is 12.3 Å². The molecule has 2 aromatic rings. The molecule has 0 spiro atoms. The minimum atomic E-state index is -0.326. The molecular weight excluding hydrogens is 400 g/mol. The monoisotopic (exact) mass is 424 g/mol. The van der Waals surface area contributed by atoms with E-state index in [1.54, 1.807) is 24.3 Å². The highest BCUT2D eigenvalue weighted by atomic mass is 35.5. The van der Waals surface area contributed by atoms with Crippen molar-refractivity contribution >= 4 is 29.0 Å². The average molecular weight is 425 g/mol. The van der Waals surface area contributed by atoms with Crippen molar-refractivity contribution in [2.75, 3.05) is 12.0 Å². The van der Waals surface area contributed by atoms with Gasteiger partial charge in [-0.05, 0) is 42.5 Å². The topological polar surface area (TPSA) is 59.5 Å². The number of rotatable bonds is 3. The summed E-state index contributed by atoms with van der Waals surface area (Å²) in [5.41, 5.74) is 3.43. The molecule has 1 aliphatic carbocycles. The second kappa shape index (κ2) is 7.55. The number of hydrogen-bond acceptors (Lipinski definition) is 4. The van der Waals surface area contributed by atoms with E-state index in [0.717, 1.165) is 17.0 Å². The molecule has 0 saturated heterocycles. The van der Waals surface area contributed by atoms with E-state index in [1.807, 2.05) is 31.2 Å². The van der Waals surface area contributed by atoms with Gasteiger partial charge in [-0.15, -0.1) is 0 Å². The number of methoxy groups -OCH3 is 1. The quantitative estimate of drug-likeness (QED) is 0.678. The van der Waals surface area contributed by atoms with Crippen LogP contribution in [-0.2, 0) is 9.59 Å². The first-order valence-electron chi connectivity index (χ1n) is 10.1. The third kappa shape index (κ3) is 3.52. The maximum absolute atomic E-state index is 13.5. The molecule has 1 unspecified atom stereocenters. The van der Waals surface area contributed by atoms with Gasteiger partial charge in [-0.2, -0.15) is 0 Å². The number of halogens is 1. The number of nitrogens with zero attached hydrogens (tertiary/aromatic N) is 2. The zero-order valence-corrected chi connectivity index (χ0v) is 18.4. The van der Waals surface area contributed by atoms with Crippen molar-refractivity contribution in [3.8, 4) is 5.75 Å². The van der Waals surface area contributed by atoms with Gasteiger partial charge in [0.25, 0.3) is 0 Å². The molecule has 6 heteroatoms. The summed E-state index contributed by atoms with van der Waals surface area (Å²) in [5.74, 6) is 0.194. The summed E-state index contributed by atoms with van der Waals surface area (Å²) in [4.78, 5) is 32.9. The van der Waals surface area contributed by atoms with E-state index >= 15 is 0 Å². The van der Waals surface area contributed by atoms with Gasteiger partial charge in [0, 0.05) is 53.0 Å². The molecule has 1 atom stereocenters. The zero-order chi connectivity index (χ0) is 21.6. The molecule has 0 fully saturated rings. The molecule has 2 aliphatic rings. The van der Waals surface area contributed by atoms with Crippen LogP contribution in [0.2, 0.25) is 5.02 Å². The standard InChI is InChI=1S/C24H25ClN2O3/c1-14-9-18(21(30-4)11-16(14)25)27-19-12-24(2,3)13-20(28)23(19)15(10-22(27)29)17-7-5-6-8-26-17/h5-9,11,15H,10,12-13H2,1-4H3. The summed E-state index contributed by atoms with van der Waals surface area (Å²) in [6, 6.07) is 9.20. The smallest absolute Gasteiger partial charge is 0.232 e. The van der Waals surface area contributed by atoms with E-state index in [4.69, 9.17) is 16.3 Å². The number of ether oxygens (including phenoxy) is 1. The molecule has 0 N–H and O–H groups in total. The van der Waals surface area contributed by atoms with Crippen LogP contribution in [-0.4, -0.2) is 23.8 Å². The number of ketones is 1. The summed E-state index contributed by atoms with van der Waals surface area (Å²) >= 11 is 6.29. The summed E-state index contributed by atoms with van der Waals surface area (Å²) in [7, 11) is 1.56. The maximum atomic E-state index is 13.5. The number of benzene rings is 1. The molecule has 0 saturated carbocycles. The maximum Gasteiger partial charge on any atom is 0.232 e. The minimum absolute atomic E-state index is 0.0741. The second-order valence-electron chi connectivity index (χ2n) is 8.82. The lowest BCUT2D eigenvalue weighted by molar-refractivity contribution is -0.121. The number of Topliss-reactive ketones (excluding diaryl/α,β-unsaturated/α-hetero) is 1. The molecule has 5 nitrogen and oxygen atoms in total. The SMILES string of the molecule is COc1cc(Cl)c(C)cc1N1C(=O)CC(c2ccccn2)C2=C1CC(C)(C)CC2=O. The number of pyridine rings is 1. The average Bonchev–Trinajstić information content (AvgIpc) is 2.69. The van der Waals surface area contributed by atoms with Crippen molar-refractivity contribution in [3.05, 3.63) is 64.1 Å². The second-order valence-corrected chi connectivity index (χ2v) is 9.22. The molecule has 1 aromatic heterocycles. The van der Waals surface area contributed by atoms with Crippen molar-refractivity contribution in [1.82, 2.24) is 4.98 Å². The summed E-state index contributed by atoms with van der Waals surface area (Å²) < 4.78 is 5.55. The third-order valence-electron chi connectivity index (χ3n) is 5.89. The number of anilines is 1. The lowest BCUT2D eigenvalue weighted by atomic mass is 9.70. The highest BCUT2D eigenvalue weighted by Crippen LogP contribution is 2.49. The molecule has 1 aromatic carbocycles. The number of allylic oxidation sites excluding steroid dienone is 2. The Morgan fingerprint density at radius 1 is 1.20 bits per heavy atom. The largest absolute Gasteiger partial charge is 0.495 e. The van der Waals surface area contributed by atoms with Gasteiger partial charge in [0.05, 0.1) is 12.8 Å². The number of aryl methyl sites for hydroxylation is 1. The van der Waals surface area contributed by atoms with Crippen LogP contribution in [0.4, 0.5) is 5.69 Å². The fourth-order valence-corrected chi connectivity index (χ4v) is 4.67. The van der Waals surface area contributed by atoms with Gasteiger partial charge >= 0.3 is 0 Å². The third-order valence-corrected chi connectivity index (χ3v) is 6.30. The van der Waals surface area contributed by atoms with Crippen LogP contribution < -0.4 is 9.64 Å². The lowest BCUT2D eigenvalue weighted by Gasteiger charge is -2.43. The normalized spacial score (nSPS) is 21.0. The predicted octanol–water partition coefficient (Wildman–Crippen LogP) is 5.22. The Hall–Kier alpha value is -2.66. The molecule has 0 radical (unpaired) electrons. The molecule has 0 bridgehead atoms. The Morgan fingerprint density at radius 2 is 1.97 bits per heavy atom.